The smallest absolute Gasteiger partial charge is 0.146 e. The lowest BCUT2D eigenvalue weighted by molar-refractivity contribution is 0.282. The topological polar surface area (TPSA) is 35.5 Å². The summed E-state index contributed by atoms with van der Waals surface area (Å²) in [7, 11) is 0. The maximum atomic E-state index is 14.4. The van der Waals surface area contributed by atoms with Crippen molar-refractivity contribution in [2.24, 2.45) is 0 Å². The number of para-hydroxylation sites is 1. The van der Waals surface area contributed by atoms with E-state index in [1.807, 2.05) is 6.07 Å². The van der Waals surface area contributed by atoms with Crippen molar-refractivity contribution in [2.75, 3.05) is 18.1 Å². The number of nitrogens with one attached hydrogen (secondary N) is 1. The first-order valence-electron chi connectivity index (χ1n) is 8.01. The molecule has 0 unspecified atom stereocenters. The molecule has 1 fully saturated rings. The minimum absolute atomic E-state index is 0.150. The third kappa shape index (κ3) is 4.17. The normalized spacial score (nSPS) is 15.3. The molecule has 0 aliphatic heterocycles. The molecule has 118 valence electrons. The van der Waals surface area contributed by atoms with Gasteiger partial charge in [0.25, 0.3) is 0 Å². The number of anilines is 1. The summed E-state index contributed by atoms with van der Waals surface area (Å²) in [6.45, 7) is 5.73. The summed E-state index contributed by atoms with van der Waals surface area (Å²) in [5, 5.41) is 12.5. The second-order valence-corrected chi connectivity index (χ2v) is 6.14. The summed E-state index contributed by atoms with van der Waals surface area (Å²) >= 11 is 0. The van der Waals surface area contributed by atoms with E-state index in [-0.39, 0.29) is 12.4 Å². The highest BCUT2D eigenvalue weighted by molar-refractivity contribution is 5.56. The molecule has 0 heterocycles. The number of hydrogen-bond acceptors (Lipinski definition) is 3. The minimum Gasteiger partial charge on any atom is -0.396 e. The zero-order valence-corrected chi connectivity index (χ0v) is 13.1. The number of hydrogen-bond donors (Lipinski definition) is 2. The summed E-state index contributed by atoms with van der Waals surface area (Å²) in [6.07, 6.45) is 4.14. The summed E-state index contributed by atoms with van der Waals surface area (Å²) in [6, 6.07) is 6.11. The number of aliphatic hydroxyl groups excluding tert-OH is 1. The van der Waals surface area contributed by atoms with Crippen LogP contribution in [-0.2, 0) is 6.54 Å². The van der Waals surface area contributed by atoms with Crippen molar-refractivity contribution in [1.29, 1.82) is 0 Å². The van der Waals surface area contributed by atoms with E-state index in [1.165, 1.54) is 6.42 Å². The van der Waals surface area contributed by atoms with Crippen molar-refractivity contribution in [3.63, 3.8) is 0 Å². The SMILES string of the molecule is CC(C)NCc1cccc(F)c1N(CCCO)C1CCC1. The molecule has 0 aromatic heterocycles. The van der Waals surface area contributed by atoms with Crippen LogP contribution < -0.4 is 10.2 Å². The number of halogens is 1. The highest BCUT2D eigenvalue weighted by Gasteiger charge is 2.28. The maximum absolute atomic E-state index is 14.4. The zero-order valence-electron chi connectivity index (χ0n) is 13.1. The van der Waals surface area contributed by atoms with Gasteiger partial charge in [-0.3, -0.25) is 0 Å². The molecule has 0 amide bonds. The molecule has 4 heteroatoms. The molecule has 3 nitrogen and oxygen atoms in total. The first-order valence-corrected chi connectivity index (χ1v) is 8.01. The fourth-order valence-corrected chi connectivity index (χ4v) is 2.75. The van der Waals surface area contributed by atoms with E-state index in [2.05, 4.69) is 24.1 Å². The van der Waals surface area contributed by atoms with E-state index in [1.54, 1.807) is 12.1 Å². The second-order valence-electron chi connectivity index (χ2n) is 6.14. The first kappa shape index (κ1) is 16.2. The van der Waals surface area contributed by atoms with Crippen molar-refractivity contribution in [1.82, 2.24) is 5.32 Å². The van der Waals surface area contributed by atoms with E-state index in [0.717, 1.165) is 30.6 Å². The fourth-order valence-electron chi connectivity index (χ4n) is 2.75. The van der Waals surface area contributed by atoms with Crippen LogP contribution in [0.3, 0.4) is 0 Å². The van der Waals surface area contributed by atoms with Gasteiger partial charge in [0.2, 0.25) is 0 Å². The molecule has 2 N–H and O–H groups in total. The monoisotopic (exact) mass is 294 g/mol. The molecule has 0 atom stereocenters. The second kappa shape index (κ2) is 7.76. The molecule has 0 saturated heterocycles. The Morgan fingerprint density at radius 1 is 1.38 bits per heavy atom. The molecule has 1 aromatic rings. The minimum atomic E-state index is -0.150. The van der Waals surface area contributed by atoms with Gasteiger partial charge in [-0.25, -0.2) is 4.39 Å². The van der Waals surface area contributed by atoms with Crippen molar-refractivity contribution in [3.05, 3.63) is 29.6 Å². The van der Waals surface area contributed by atoms with Crippen LogP contribution in [0.1, 0.15) is 45.1 Å². The predicted molar refractivity (Wildman–Crippen MR) is 85.1 cm³/mol. The van der Waals surface area contributed by atoms with Gasteiger partial charge < -0.3 is 15.3 Å². The maximum Gasteiger partial charge on any atom is 0.146 e. The quantitative estimate of drug-likeness (QED) is 0.773. The Morgan fingerprint density at radius 2 is 2.14 bits per heavy atom. The predicted octanol–water partition coefficient (Wildman–Crippen LogP) is 3.07. The fraction of sp³-hybridized carbons (Fsp3) is 0.647. The Labute approximate surface area is 127 Å². The number of benzene rings is 1. The van der Waals surface area contributed by atoms with Crippen LogP contribution in [0.5, 0.6) is 0 Å². The van der Waals surface area contributed by atoms with E-state index in [0.29, 0.717) is 25.0 Å². The van der Waals surface area contributed by atoms with Gasteiger partial charge >= 0.3 is 0 Å². The van der Waals surface area contributed by atoms with Crippen LogP contribution in [0.15, 0.2) is 18.2 Å². The van der Waals surface area contributed by atoms with E-state index < -0.39 is 0 Å². The number of aliphatic hydroxyl groups is 1. The molecular weight excluding hydrogens is 267 g/mol. The number of rotatable bonds is 8. The Balaban J connectivity index is 2.24. The molecule has 0 spiro atoms. The lowest BCUT2D eigenvalue weighted by Crippen LogP contribution is -2.42. The molecular formula is C17H27FN2O. The van der Waals surface area contributed by atoms with Crippen molar-refractivity contribution >= 4 is 5.69 Å². The van der Waals surface area contributed by atoms with Gasteiger partial charge in [-0.2, -0.15) is 0 Å². The Hall–Kier alpha value is -1.13. The summed E-state index contributed by atoms with van der Waals surface area (Å²) in [4.78, 5) is 2.17. The molecule has 0 radical (unpaired) electrons. The van der Waals surface area contributed by atoms with Gasteiger partial charge in [-0.05, 0) is 37.3 Å². The molecule has 0 bridgehead atoms. The molecule has 1 aromatic carbocycles. The zero-order chi connectivity index (χ0) is 15.2. The van der Waals surface area contributed by atoms with Crippen molar-refractivity contribution in [2.45, 2.75) is 58.2 Å². The van der Waals surface area contributed by atoms with Crippen LogP contribution in [0.25, 0.3) is 0 Å². The highest BCUT2D eigenvalue weighted by Crippen LogP contribution is 2.33. The average Bonchev–Trinajstić information content (AvgIpc) is 2.39. The summed E-state index contributed by atoms with van der Waals surface area (Å²) in [5.74, 6) is -0.150. The van der Waals surface area contributed by atoms with Gasteiger partial charge in [-0.1, -0.05) is 26.0 Å². The molecule has 21 heavy (non-hydrogen) atoms. The summed E-state index contributed by atoms with van der Waals surface area (Å²) < 4.78 is 14.4. The molecule has 2 rings (SSSR count). The standard InChI is InChI=1S/C17H27FN2O/c1-13(2)19-12-14-6-3-9-16(18)17(14)20(10-5-11-21)15-7-4-8-15/h3,6,9,13,15,19,21H,4-5,7-8,10-12H2,1-2H3. The third-order valence-corrected chi connectivity index (χ3v) is 4.13. The highest BCUT2D eigenvalue weighted by atomic mass is 19.1. The van der Waals surface area contributed by atoms with E-state index in [9.17, 15) is 4.39 Å². The van der Waals surface area contributed by atoms with Crippen LogP contribution >= 0.6 is 0 Å². The van der Waals surface area contributed by atoms with Crippen LogP contribution in [0, 0.1) is 5.82 Å². The van der Waals surface area contributed by atoms with E-state index >= 15 is 0 Å². The average molecular weight is 294 g/mol. The van der Waals surface area contributed by atoms with Crippen molar-refractivity contribution in [3.8, 4) is 0 Å². The van der Waals surface area contributed by atoms with Gasteiger partial charge in [0.05, 0.1) is 5.69 Å². The van der Waals surface area contributed by atoms with Gasteiger partial charge in [-0.15, -0.1) is 0 Å². The van der Waals surface area contributed by atoms with Crippen LogP contribution in [-0.4, -0.2) is 30.3 Å². The third-order valence-electron chi connectivity index (χ3n) is 4.13. The van der Waals surface area contributed by atoms with Crippen LogP contribution in [0.2, 0.25) is 0 Å². The van der Waals surface area contributed by atoms with Crippen molar-refractivity contribution < 1.29 is 9.50 Å². The lowest BCUT2D eigenvalue weighted by atomic mass is 9.90. The Morgan fingerprint density at radius 3 is 2.71 bits per heavy atom. The molecule has 1 aliphatic rings. The Kier molecular flexibility index (Phi) is 6.00. The molecule has 1 aliphatic carbocycles. The summed E-state index contributed by atoms with van der Waals surface area (Å²) in [5.41, 5.74) is 1.73. The molecule has 1 saturated carbocycles. The first-order chi connectivity index (χ1) is 10.1. The lowest BCUT2D eigenvalue weighted by Gasteiger charge is -2.40. The van der Waals surface area contributed by atoms with E-state index in [4.69, 9.17) is 5.11 Å². The Bertz CT molecular complexity index is 446. The van der Waals surface area contributed by atoms with Gasteiger partial charge in [0.1, 0.15) is 5.82 Å². The van der Waals surface area contributed by atoms with Crippen LogP contribution in [0.4, 0.5) is 10.1 Å². The van der Waals surface area contributed by atoms with Gasteiger partial charge in [0, 0.05) is 31.8 Å². The van der Waals surface area contributed by atoms with Gasteiger partial charge in [0.15, 0.2) is 0 Å². The number of nitrogens with zero attached hydrogens (tertiary/aromatic N) is 1. The largest absolute Gasteiger partial charge is 0.396 e.